The van der Waals surface area contributed by atoms with Crippen molar-refractivity contribution < 1.29 is 5.21 Å². The largest absolute Gasteiger partial charge is 0.408 e. The van der Waals surface area contributed by atoms with E-state index >= 15 is 0 Å². The highest BCUT2D eigenvalue weighted by Crippen LogP contribution is 2.32. The Hall–Kier alpha value is -0.930. The molecular formula is C7H15N3O. The molecule has 64 valence electrons. The van der Waals surface area contributed by atoms with E-state index < -0.39 is 0 Å². The maximum atomic E-state index is 8.33. The minimum Gasteiger partial charge on any atom is -0.408 e. The second kappa shape index (κ2) is 2.60. The Bertz CT molecular complexity index is 173. The lowest BCUT2D eigenvalue weighted by molar-refractivity contribution is 0.0696. The molecule has 0 aromatic carbocycles. The molecule has 11 heavy (non-hydrogen) atoms. The van der Waals surface area contributed by atoms with E-state index in [0.717, 1.165) is 19.5 Å². The first-order valence-corrected chi connectivity index (χ1v) is 3.84. The number of nitrogens with two attached hydrogens (primary N) is 1. The van der Waals surface area contributed by atoms with Crippen molar-refractivity contribution >= 4 is 5.96 Å². The minimum atomic E-state index is 0.232. The molecule has 1 saturated heterocycles. The second-order valence-electron chi connectivity index (χ2n) is 3.48. The van der Waals surface area contributed by atoms with Crippen molar-refractivity contribution in [2.24, 2.45) is 16.3 Å². The number of likely N-dealkylation sites (tertiary alicyclic amines) is 1. The Morgan fingerprint density at radius 2 is 2.27 bits per heavy atom. The molecule has 0 amide bonds. The number of hydrogen-bond donors (Lipinski definition) is 2. The molecule has 1 fully saturated rings. The van der Waals surface area contributed by atoms with Gasteiger partial charge in [-0.25, -0.2) is 0 Å². The van der Waals surface area contributed by atoms with E-state index in [-0.39, 0.29) is 5.96 Å². The number of nitrogens with zero attached hydrogens (tertiary/aromatic N) is 2. The Balaban J connectivity index is 2.40. The van der Waals surface area contributed by atoms with Crippen LogP contribution in [0.15, 0.2) is 5.16 Å². The number of rotatable bonds is 1. The summed E-state index contributed by atoms with van der Waals surface area (Å²) in [6.07, 6.45) is 1.14. The maximum Gasteiger partial charge on any atom is 0.233 e. The molecule has 1 rings (SSSR count). The fourth-order valence-corrected chi connectivity index (χ4v) is 1.32. The molecule has 0 radical (unpaired) electrons. The highest BCUT2D eigenvalue weighted by atomic mass is 16.4. The first-order valence-electron chi connectivity index (χ1n) is 3.84. The van der Waals surface area contributed by atoms with E-state index in [0.29, 0.717) is 5.41 Å². The van der Waals surface area contributed by atoms with Gasteiger partial charge < -0.3 is 15.8 Å². The molecule has 0 atom stereocenters. The molecule has 0 aromatic rings. The third kappa shape index (κ3) is 1.39. The van der Waals surface area contributed by atoms with Crippen molar-refractivity contribution in [3.05, 3.63) is 0 Å². The van der Waals surface area contributed by atoms with Gasteiger partial charge in [0.15, 0.2) is 0 Å². The van der Waals surface area contributed by atoms with E-state index in [9.17, 15) is 0 Å². The van der Waals surface area contributed by atoms with Crippen molar-refractivity contribution in [3.8, 4) is 0 Å². The molecule has 4 nitrogen and oxygen atoms in total. The van der Waals surface area contributed by atoms with Crippen molar-refractivity contribution in [2.45, 2.75) is 20.3 Å². The van der Waals surface area contributed by atoms with E-state index in [1.165, 1.54) is 0 Å². The second-order valence-corrected chi connectivity index (χ2v) is 3.48. The Labute approximate surface area is 66.7 Å². The van der Waals surface area contributed by atoms with Gasteiger partial charge in [0.25, 0.3) is 0 Å². The summed E-state index contributed by atoms with van der Waals surface area (Å²) in [5, 5.41) is 11.3. The molecule has 1 aliphatic rings. The zero-order valence-electron chi connectivity index (χ0n) is 7.04. The first kappa shape index (κ1) is 8.17. The quantitative estimate of drug-likeness (QED) is 0.251. The standard InChI is InChI=1S/C7H15N3O/c1-3-7(2)4-10(5-7)6(8)9-11/h11H,3-5H2,1-2H3,(H2,8,9). The summed E-state index contributed by atoms with van der Waals surface area (Å²) in [5.74, 6) is 0.232. The Kier molecular flexibility index (Phi) is 1.93. The van der Waals surface area contributed by atoms with E-state index in [1.54, 1.807) is 0 Å². The molecule has 3 N–H and O–H groups in total. The number of oxime groups is 1. The fraction of sp³-hybridized carbons (Fsp3) is 0.857. The summed E-state index contributed by atoms with van der Waals surface area (Å²) in [5.41, 5.74) is 5.75. The van der Waals surface area contributed by atoms with Gasteiger partial charge >= 0.3 is 0 Å². The summed E-state index contributed by atoms with van der Waals surface area (Å²) in [7, 11) is 0. The van der Waals surface area contributed by atoms with Gasteiger partial charge in [0, 0.05) is 18.5 Å². The third-order valence-corrected chi connectivity index (χ3v) is 2.43. The average Bonchev–Trinajstić information content (AvgIpc) is 1.97. The normalized spacial score (nSPS) is 23.1. The lowest BCUT2D eigenvalue weighted by atomic mass is 9.80. The average molecular weight is 157 g/mol. The lowest BCUT2D eigenvalue weighted by Gasteiger charge is -2.47. The topological polar surface area (TPSA) is 61.8 Å². The van der Waals surface area contributed by atoms with E-state index in [4.69, 9.17) is 10.9 Å². The van der Waals surface area contributed by atoms with Crippen LogP contribution >= 0.6 is 0 Å². The van der Waals surface area contributed by atoms with Crippen LogP contribution < -0.4 is 5.73 Å². The summed E-state index contributed by atoms with van der Waals surface area (Å²) in [4.78, 5) is 1.86. The molecule has 4 heteroatoms. The first-order chi connectivity index (χ1) is 5.11. The van der Waals surface area contributed by atoms with Crippen LogP contribution in [0.25, 0.3) is 0 Å². The monoisotopic (exact) mass is 157 g/mol. The summed E-state index contributed by atoms with van der Waals surface area (Å²) < 4.78 is 0. The van der Waals surface area contributed by atoms with Crippen molar-refractivity contribution in [1.29, 1.82) is 0 Å². The lowest BCUT2D eigenvalue weighted by Crippen LogP contribution is -2.58. The molecule has 0 unspecified atom stereocenters. The number of guanidine groups is 1. The van der Waals surface area contributed by atoms with Crippen LogP contribution in [0.2, 0.25) is 0 Å². The summed E-state index contributed by atoms with van der Waals surface area (Å²) >= 11 is 0. The van der Waals surface area contributed by atoms with Crippen molar-refractivity contribution in [3.63, 3.8) is 0 Å². The van der Waals surface area contributed by atoms with Gasteiger partial charge in [0.05, 0.1) is 0 Å². The van der Waals surface area contributed by atoms with Crippen LogP contribution in [0.4, 0.5) is 0 Å². The highest BCUT2D eigenvalue weighted by Gasteiger charge is 2.38. The SMILES string of the molecule is CCC1(C)CN(/C(N)=N/O)C1. The third-order valence-electron chi connectivity index (χ3n) is 2.43. The molecular weight excluding hydrogens is 142 g/mol. The van der Waals surface area contributed by atoms with Gasteiger partial charge in [-0.05, 0) is 6.42 Å². The fourth-order valence-electron chi connectivity index (χ4n) is 1.32. The molecule has 1 heterocycles. The van der Waals surface area contributed by atoms with Gasteiger partial charge in [-0.2, -0.15) is 0 Å². The van der Waals surface area contributed by atoms with E-state index in [2.05, 4.69) is 19.0 Å². The Morgan fingerprint density at radius 3 is 2.64 bits per heavy atom. The predicted molar refractivity (Wildman–Crippen MR) is 43.4 cm³/mol. The van der Waals surface area contributed by atoms with Gasteiger partial charge in [-0.3, -0.25) is 0 Å². The van der Waals surface area contributed by atoms with Crippen LogP contribution in [0, 0.1) is 5.41 Å². The van der Waals surface area contributed by atoms with Crippen molar-refractivity contribution in [1.82, 2.24) is 4.90 Å². The van der Waals surface area contributed by atoms with Crippen LogP contribution in [0.1, 0.15) is 20.3 Å². The van der Waals surface area contributed by atoms with Crippen LogP contribution in [-0.2, 0) is 0 Å². The predicted octanol–water partition coefficient (Wildman–Crippen LogP) is 0.422. The smallest absolute Gasteiger partial charge is 0.233 e. The van der Waals surface area contributed by atoms with E-state index in [1.807, 2.05) is 4.90 Å². The molecule has 0 aromatic heterocycles. The number of hydrogen-bond acceptors (Lipinski definition) is 2. The van der Waals surface area contributed by atoms with Crippen molar-refractivity contribution in [2.75, 3.05) is 13.1 Å². The summed E-state index contributed by atoms with van der Waals surface area (Å²) in [6, 6.07) is 0. The van der Waals surface area contributed by atoms with Gasteiger partial charge in [-0.15, -0.1) is 0 Å². The maximum absolute atomic E-state index is 8.33. The molecule has 0 bridgehead atoms. The zero-order valence-corrected chi connectivity index (χ0v) is 7.04. The highest BCUT2D eigenvalue weighted by molar-refractivity contribution is 5.78. The van der Waals surface area contributed by atoms with Gasteiger partial charge in [0.1, 0.15) is 0 Å². The minimum absolute atomic E-state index is 0.232. The summed E-state index contributed by atoms with van der Waals surface area (Å²) in [6.45, 7) is 6.16. The van der Waals surface area contributed by atoms with Crippen LogP contribution in [-0.4, -0.2) is 29.2 Å². The Morgan fingerprint density at radius 1 is 1.73 bits per heavy atom. The molecule has 0 saturated carbocycles. The van der Waals surface area contributed by atoms with Gasteiger partial charge in [0.2, 0.25) is 5.96 Å². The molecule has 0 spiro atoms. The van der Waals surface area contributed by atoms with Crippen LogP contribution in [0.5, 0.6) is 0 Å². The van der Waals surface area contributed by atoms with Crippen LogP contribution in [0.3, 0.4) is 0 Å². The zero-order chi connectivity index (χ0) is 8.48. The molecule has 1 aliphatic heterocycles. The molecule has 0 aliphatic carbocycles. The van der Waals surface area contributed by atoms with Gasteiger partial charge in [-0.1, -0.05) is 19.0 Å².